The van der Waals surface area contributed by atoms with Gasteiger partial charge < -0.3 is 27.9 Å². The molecule has 2 aromatic heterocycles. The van der Waals surface area contributed by atoms with Crippen molar-refractivity contribution in [2.45, 2.75) is 150 Å². The summed E-state index contributed by atoms with van der Waals surface area (Å²) in [6.45, 7) is 30.8. The number of rotatable bonds is 4. The highest BCUT2D eigenvalue weighted by Crippen LogP contribution is 2.50. The normalized spacial score (nSPS) is 29.3. The first-order chi connectivity index (χ1) is 18.8. The molecule has 228 valence electrons. The maximum Gasteiger partial charge on any atom is 0.496 e. The minimum Gasteiger partial charge on any atom is -0.405 e. The molecule has 3 aliphatic rings. The van der Waals surface area contributed by atoms with Crippen LogP contribution in [0.4, 0.5) is 0 Å². The Balaban J connectivity index is 0.000000868. The number of aromatic nitrogens is 2. The van der Waals surface area contributed by atoms with Crippen LogP contribution in [-0.4, -0.2) is 64.4 Å². The van der Waals surface area contributed by atoms with Gasteiger partial charge >= 0.3 is 21.1 Å². The molecule has 3 saturated heterocycles. The number of nitrogens with zero attached hydrogens (tertiary/aromatic N) is 2. The third kappa shape index (κ3) is 6.32. The molecule has 0 saturated carbocycles. The van der Waals surface area contributed by atoms with Gasteiger partial charge in [-0.05, 0) is 88.3 Å². The van der Waals surface area contributed by atoms with Gasteiger partial charge in [0.05, 0.1) is 44.8 Å². The lowest BCUT2D eigenvalue weighted by molar-refractivity contribution is -0.0967. The SMILES string of the molecule is CC.CCC.Cc1cc2ccc(B3OC(C)(C)C(C)(CC4(C)OB(B5OC(C)(C)C(C)(C)O5)OC4(C)C)O3)cn2n1. The van der Waals surface area contributed by atoms with Crippen LogP contribution < -0.4 is 5.46 Å². The number of pyridine rings is 1. The van der Waals surface area contributed by atoms with Gasteiger partial charge in [0.25, 0.3) is 0 Å². The summed E-state index contributed by atoms with van der Waals surface area (Å²) in [4.78, 5) is 0. The van der Waals surface area contributed by atoms with Gasteiger partial charge in [0.1, 0.15) is 0 Å². The summed E-state index contributed by atoms with van der Waals surface area (Å²) in [6, 6.07) is 6.13. The Morgan fingerprint density at radius 2 is 1.15 bits per heavy atom. The number of hydrogen-bond donors (Lipinski definition) is 0. The lowest BCUT2D eigenvalue weighted by atomic mass is 9.49. The molecule has 0 amide bonds. The molecule has 2 atom stereocenters. The summed E-state index contributed by atoms with van der Waals surface area (Å²) in [5.74, 6) is 0. The predicted molar refractivity (Wildman–Crippen MR) is 168 cm³/mol. The molecule has 3 fully saturated rings. The average molecular weight is 570 g/mol. The second-order valence-corrected chi connectivity index (χ2v) is 13.8. The van der Waals surface area contributed by atoms with E-state index in [4.69, 9.17) is 27.9 Å². The highest BCUT2D eigenvalue weighted by molar-refractivity contribution is 7.11. The fourth-order valence-corrected chi connectivity index (χ4v) is 5.30. The zero-order valence-electron chi connectivity index (χ0n) is 28.3. The lowest BCUT2D eigenvalue weighted by Crippen LogP contribution is -2.55. The van der Waals surface area contributed by atoms with Crippen molar-refractivity contribution in [1.82, 2.24) is 9.61 Å². The van der Waals surface area contributed by atoms with E-state index < -0.39 is 54.7 Å². The van der Waals surface area contributed by atoms with Crippen LogP contribution in [0.5, 0.6) is 0 Å². The Hall–Kier alpha value is -1.36. The van der Waals surface area contributed by atoms with Gasteiger partial charge in [0.15, 0.2) is 0 Å². The monoisotopic (exact) mass is 570 g/mol. The van der Waals surface area contributed by atoms with E-state index in [-0.39, 0.29) is 0 Å². The second kappa shape index (κ2) is 11.6. The maximum atomic E-state index is 6.69. The minimum atomic E-state index is -0.686. The highest BCUT2D eigenvalue weighted by atomic mass is 16.7. The Morgan fingerprint density at radius 1 is 0.683 bits per heavy atom. The van der Waals surface area contributed by atoms with Crippen molar-refractivity contribution in [3.8, 4) is 0 Å². The Labute approximate surface area is 249 Å². The molecule has 3 aliphatic heterocycles. The molecule has 11 heteroatoms. The standard InChI is InChI=1S/C25H39B3N2O6.C3H8.C2H6/c1-17-14-19-13-12-18(15-30(19)29-17)26-31-22(6,7)24(10,35-26)16-25(11)23(8,9)34-28(36-25)27-32-20(2,3)21(4,5)33-27;1-3-2;1-2/h12-15H,16H2,1-11H3;3H2,1-2H3;1-2H3. The van der Waals surface area contributed by atoms with Crippen LogP contribution in [0.15, 0.2) is 24.4 Å². The van der Waals surface area contributed by atoms with E-state index in [1.807, 2.05) is 77.4 Å². The van der Waals surface area contributed by atoms with Gasteiger partial charge in [0, 0.05) is 18.1 Å². The van der Waals surface area contributed by atoms with Gasteiger partial charge in [-0.15, -0.1) is 0 Å². The Kier molecular flexibility index (Phi) is 9.68. The van der Waals surface area contributed by atoms with E-state index in [9.17, 15) is 0 Å². The van der Waals surface area contributed by atoms with Crippen LogP contribution in [0.2, 0.25) is 0 Å². The van der Waals surface area contributed by atoms with Crippen molar-refractivity contribution in [3.05, 3.63) is 30.1 Å². The summed E-state index contributed by atoms with van der Waals surface area (Å²) in [5, 5.41) is 4.54. The van der Waals surface area contributed by atoms with Crippen molar-refractivity contribution in [2.75, 3.05) is 0 Å². The van der Waals surface area contributed by atoms with E-state index in [2.05, 4.69) is 60.5 Å². The molecule has 0 radical (unpaired) electrons. The van der Waals surface area contributed by atoms with Gasteiger partial charge in [-0.2, -0.15) is 5.10 Å². The molecular weight excluding hydrogens is 517 g/mol. The number of fused-ring (bicyclic) bond motifs is 1. The van der Waals surface area contributed by atoms with Crippen molar-refractivity contribution >= 4 is 32.1 Å². The topological polar surface area (TPSA) is 72.7 Å². The molecule has 0 aromatic carbocycles. The second-order valence-electron chi connectivity index (χ2n) is 13.8. The van der Waals surface area contributed by atoms with E-state index in [1.165, 1.54) is 6.42 Å². The molecule has 41 heavy (non-hydrogen) atoms. The molecular formula is C30H53B3N2O6. The predicted octanol–water partition coefficient (Wildman–Crippen LogP) is 6.00. The fourth-order valence-electron chi connectivity index (χ4n) is 5.30. The zero-order chi connectivity index (χ0) is 31.2. The molecule has 5 heterocycles. The molecule has 5 rings (SSSR count). The van der Waals surface area contributed by atoms with Crippen LogP contribution in [-0.2, 0) is 27.9 Å². The van der Waals surface area contributed by atoms with E-state index in [0.717, 1.165) is 16.7 Å². The molecule has 0 bridgehead atoms. The first kappa shape index (κ1) is 34.1. The summed E-state index contributed by atoms with van der Waals surface area (Å²) < 4.78 is 40.6. The van der Waals surface area contributed by atoms with Gasteiger partial charge in [-0.1, -0.05) is 40.2 Å². The molecule has 0 spiro atoms. The molecule has 0 aliphatic carbocycles. The minimum absolute atomic E-state index is 0.467. The van der Waals surface area contributed by atoms with Crippen LogP contribution in [0, 0.1) is 6.92 Å². The quantitative estimate of drug-likeness (QED) is 0.418. The van der Waals surface area contributed by atoms with Crippen molar-refractivity contribution in [2.24, 2.45) is 0 Å². The summed E-state index contributed by atoms with van der Waals surface area (Å²) in [7, 11) is -1.79. The van der Waals surface area contributed by atoms with E-state index >= 15 is 0 Å². The van der Waals surface area contributed by atoms with Crippen molar-refractivity contribution < 1.29 is 27.9 Å². The van der Waals surface area contributed by atoms with Crippen LogP contribution in [0.3, 0.4) is 0 Å². The first-order valence-corrected chi connectivity index (χ1v) is 15.3. The molecule has 0 N–H and O–H groups in total. The Morgan fingerprint density at radius 3 is 1.71 bits per heavy atom. The third-order valence-electron chi connectivity index (χ3n) is 9.15. The van der Waals surface area contributed by atoms with E-state index in [0.29, 0.717) is 6.42 Å². The number of hydrogen-bond acceptors (Lipinski definition) is 7. The number of aryl methyl sites for hydroxylation is 1. The van der Waals surface area contributed by atoms with Gasteiger partial charge in [-0.25, -0.2) is 4.52 Å². The zero-order valence-corrected chi connectivity index (χ0v) is 28.3. The molecule has 8 nitrogen and oxygen atoms in total. The summed E-state index contributed by atoms with van der Waals surface area (Å²) in [6.07, 6.45) is 3.78. The van der Waals surface area contributed by atoms with Crippen molar-refractivity contribution in [1.29, 1.82) is 0 Å². The highest BCUT2D eigenvalue weighted by Gasteiger charge is 2.67. The molecule has 2 aromatic rings. The summed E-state index contributed by atoms with van der Waals surface area (Å²) >= 11 is 0. The van der Waals surface area contributed by atoms with Crippen LogP contribution >= 0.6 is 0 Å². The first-order valence-electron chi connectivity index (χ1n) is 15.3. The lowest BCUT2D eigenvalue weighted by Gasteiger charge is -2.46. The van der Waals surface area contributed by atoms with E-state index in [1.54, 1.807) is 0 Å². The average Bonchev–Trinajstić information content (AvgIpc) is 3.47. The molecule has 2 unspecified atom stereocenters. The summed E-state index contributed by atoms with van der Waals surface area (Å²) in [5.41, 5.74) is -0.555. The van der Waals surface area contributed by atoms with Crippen LogP contribution in [0.1, 0.15) is 115 Å². The Bertz CT molecular complexity index is 1190. The third-order valence-corrected chi connectivity index (χ3v) is 9.15. The largest absolute Gasteiger partial charge is 0.496 e. The fraction of sp³-hybridized carbons (Fsp3) is 0.767. The maximum absolute atomic E-state index is 6.69. The van der Waals surface area contributed by atoms with Crippen molar-refractivity contribution in [3.63, 3.8) is 0 Å². The van der Waals surface area contributed by atoms with Crippen LogP contribution in [0.25, 0.3) is 5.52 Å². The smallest absolute Gasteiger partial charge is 0.405 e. The van der Waals surface area contributed by atoms with Gasteiger partial charge in [0.2, 0.25) is 0 Å². The van der Waals surface area contributed by atoms with Gasteiger partial charge in [-0.3, -0.25) is 0 Å².